The zero-order chi connectivity index (χ0) is 13.2. The molecule has 1 aliphatic carbocycles. The van der Waals surface area contributed by atoms with Crippen molar-refractivity contribution in [3.05, 3.63) is 21.3 Å². The lowest BCUT2D eigenvalue weighted by Gasteiger charge is -2.30. The molecule has 2 rings (SSSR count). The number of carbonyl (C=O) groups excluding carboxylic acids is 1. The average Bonchev–Trinajstić information content (AvgIpc) is 2.98. The molecule has 1 fully saturated rings. The van der Waals surface area contributed by atoms with Crippen molar-refractivity contribution in [3.8, 4) is 0 Å². The van der Waals surface area contributed by atoms with E-state index in [1.54, 1.807) is 0 Å². The fraction of sp³-hybridized carbons (Fsp3) is 0.615. The largest absolute Gasteiger partial charge is 0.349 e. The fourth-order valence-corrected chi connectivity index (χ4v) is 3.60. The standard InChI is InChI=1S/C13H19ClN2OS/c1-9(10-4-5-11(14)18-10)12(17)16-13(8-15)6-2-3-7-13/h4-5,9H,2-3,6-8,15H2,1H3,(H,16,17). The third-order valence-corrected chi connectivity index (χ3v) is 5.17. The first-order valence-electron chi connectivity index (χ1n) is 6.34. The molecule has 1 aromatic rings. The van der Waals surface area contributed by atoms with E-state index in [9.17, 15) is 4.79 Å². The van der Waals surface area contributed by atoms with Gasteiger partial charge in [0.15, 0.2) is 0 Å². The number of thiophene rings is 1. The summed E-state index contributed by atoms with van der Waals surface area (Å²) >= 11 is 7.36. The third kappa shape index (κ3) is 2.87. The van der Waals surface area contributed by atoms with Gasteiger partial charge in [-0.05, 0) is 31.9 Å². The Morgan fingerprint density at radius 1 is 1.56 bits per heavy atom. The average molecular weight is 287 g/mol. The fourth-order valence-electron chi connectivity index (χ4n) is 2.49. The van der Waals surface area contributed by atoms with E-state index in [-0.39, 0.29) is 17.4 Å². The van der Waals surface area contributed by atoms with Crippen molar-refractivity contribution >= 4 is 28.8 Å². The molecule has 0 bridgehead atoms. The van der Waals surface area contributed by atoms with Gasteiger partial charge in [0, 0.05) is 11.4 Å². The molecular weight excluding hydrogens is 268 g/mol. The topological polar surface area (TPSA) is 55.1 Å². The molecule has 1 aromatic heterocycles. The van der Waals surface area contributed by atoms with Crippen LogP contribution in [-0.4, -0.2) is 18.0 Å². The van der Waals surface area contributed by atoms with E-state index < -0.39 is 0 Å². The van der Waals surface area contributed by atoms with Crippen LogP contribution in [0.1, 0.15) is 43.4 Å². The molecule has 18 heavy (non-hydrogen) atoms. The summed E-state index contributed by atoms with van der Waals surface area (Å²) in [5, 5.41) is 3.15. The lowest BCUT2D eigenvalue weighted by molar-refractivity contribution is -0.124. The molecule has 1 amide bonds. The van der Waals surface area contributed by atoms with E-state index in [1.165, 1.54) is 11.3 Å². The predicted molar refractivity (Wildman–Crippen MR) is 76.1 cm³/mol. The quantitative estimate of drug-likeness (QED) is 0.894. The molecular formula is C13H19ClN2OS. The van der Waals surface area contributed by atoms with Crippen molar-refractivity contribution in [1.29, 1.82) is 0 Å². The number of carbonyl (C=O) groups is 1. The maximum Gasteiger partial charge on any atom is 0.228 e. The van der Waals surface area contributed by atoms with E-state index in [1.807, 2.05) is 19.1 Å². The minimum atomic E-state index is -0.174. The van der Waals surface area contributed by atoms with Gasteiger partial charge in [-0.3, -0.25) is 4.79 Å². The SMILES string of the molecule is CC(C(=O)NC1(CN)CCCC1)c1ccc(Cl)s1. The van der Waals surface area contributed by atoms with Crippen molar-refractivity contribution in [2.45, 2.75) is 44.1 Å². The molecule has 0 aromatic carbocycles. The van der Waals surface area contributed by atoms with Gasteiger partial charge in [-0.1, -0.05) is 24.4 Å². The maximum atomic E-state index is 12.3. The van der Waals surface area contributed by atoms with Crippen molar-refractivity contribution in [3.63, 3.8) is 0 Å². The van der Waals surface area contributed by atoms with Gasteiger partial charge in [-0.2, -0.15) is 0 Å². The number of halogens is 1. The molecule has 0 aliphatic heterocycles. The van der Waals surface area contributed by atoms with E-state index in [2.05, 4.69) is 5.32 Å². The Morgan fingerprint density at radius 2 is 2.22 bits per heavy atom. The Morgan fingerprint density at radius 3 is 2.72 bits per heavy atom. The zero-order valence-corrected chi connectivity index (χ0v) is 12.1. The lowest BCUT2D eigenvalue weighted by atomic mass is 9.96. The van der Waals surface area contributed by atoms with Crippen molar-refractivity contribution < 1.29 is 4.79 Å². The van der Waals surface area contributed by atoms with Gasteiger partial charge < -0.3 is 11.1 Å². The summed E-state index contributed by atoms with van der Waals surface area (Å²) in [7, 11) is 0. The van der Waals surface area contributed by atoms with E-state index >= 15 is 0 Å². The van der Waals surface area contributed by atoms with Crippen LogP contribution in [0.3, 0.4) is 0 Å². The number of amides is 1. The summed E-state index contributed by atoms with van der Waals surface area (Å²) in [5.74, 6) is -0.104. The van der Waals surface area contributed by atoms with Crippen LogP contribution in [0.25, 0.3) is 0 Å². The van der Waals surface area contributed by atoms with E-state index in [4.69, 9.17) is 17.3 Å². The molecule has 0 saturated heterocycles. The summed E-state index contributed by atoms with van der Waals surface area (Å²) in [5.41, 5.74) is 5.65. The molecule has 3 nitrogen and oxygen atoms in total. The third-order valence-electron chi connectivity index (χ3n) is 3.75. The number of hydrogen-bond acceptors (Lipinski definition) is 3. The van der Waals surface area contributed by atoms with Crippen LogP contribution < -0.4 is 11.1 Å². The smallest absolute Gasteiger partial charge is 0.228 e. The van der Waals surface area contributed by atoms with Crippen LogP contribution in [0.5, 0.6) is 0 Å². The molecule has 3 N–H and O–H groups in total. The molecule has 1 aliphatic rings. The highest BCUT2D eigenvalue weighted by Crippen LogP contribution is 2.31. The van der Waals surface area contributed by atoms with E-state index in [0.29, 0.717) is 6.54 Å². The van der Waals surface area contributed by atoms with Crippen LogP contribution >= 0.6 is 22.9 Å². The Hall–Kier alpha value is -0.580. The van der Waals surface area contributed by atoms with Gasteiger partial charge in [0.05, 0.1) is 15.8 Å². The summed E-state index contributed by atoms with van der Waals surface area (Å²) in [6.45, 7) is 2.44. The van der Waals surface area contributed by atoms with Crippen molar-refractivity contribution in [1.82, 2.24) is 5.32 Å². The molecule has 1 saturated carbocycles. The first-order chi connectivity index (χ1) is 8.56. The number of rotatable bonds is 4. The first kappa shape index (κ1) is 13.8. The number of nitrogens with two attached hydrogens (primary N) is 1. The summed E-state index contributed by atoms with van der Waals surface area (Å²) in [4.78, 5) is 13.3. The minimum Gasteiger partial charge on any atom is -0.349 e. The second-order valence-corrected chi connectivity index (χ2v) is 6.79. The van der Waals surface area contributed by atoms with Gasteiger partial charge in [0.25, 0.3) is 0 Å². The molecule has 0 radical (unpaired) electrons. The van der Waals surface area contributed by atoms with Crippen LogP contribution in [0.15, 0.2) is 12.1 Å². The zero-order valence-electron chi connectivity index (χ0n) is 10.5. The Labute approximate surface area is 117 Å². The predicted octanol–water partition coefficient (Wildman–Crippen LogP) is 2.89. The van der Waals surface area contributed by atoms with Crippen LogP contribution in [0.2, 0.25) is 4.34 Å². The molecule has 1 atom stereocenters. The maximum absolute atomic E-state index is 12.3. The normalized spacial score (nSPS) is 19.7. The highest BCUT2D eigenvalue weighted by molar-refractivity contribution is 7.16. The number of nitrogens with one attached hydrogen (secondary N) is 1. The van der Waals surface area contributed by atoms with Crippen molar-refractivity contribution in [2.75, 3.05) is 6.54 Å². The second-order valence-electron chi connectivity index (χ2n) is 5.04. The Bertz CT molecular complexity index is 426. The highest BCUT2D eigenvalue weighted by Gasteiger charge is 2.35. The Balaban J connectivity index is 2.03. The van der Waals surface area contributed by atoms with Gasteiger partial charge in [-0.15, -0.1) is 11.3 Å². The van der Waals surface area contributed by atoms with Crippen LogP contribution in [0.4, 0.5) is 0 Å². The monoisotopic (exact) mass is 286 g/mol. The van der Waals surface area contributed by atoms with Crippen molar-refractivity contribution in [2.24, 2.45) is 5.73 Å². The molecule has 0 spiro atoms. The number of hydrogen-bond donors (Lipinski definition) is 2. The minimum absolute atomic E-state index is 0.0564. The van der Waals surface area contributed by atoms with Gasteiger partial charge in [-0.25, -0.2) is 0 Å². The molecule has 1 heterocycles. The molecule has 5 heteroatoms. The van der Waals surface area contributed by atoms with Gasteiger partial charge >= 0.3 is 0 Å². The second kappa shape index (κ2) is 5.59. The molecule has 100 valence electrons. The summed E-state index contributed by atoms with van der Waals surface area (Å²) in [6.07, 6.45) is 4.29. The molecule has 1 unspecified atom stereocenters. The van der Waals surface area contributed by atoms with E-state index in [0.717, 1.165) is 34.9 Å². The first-order valence-corrected chi connectivity index (χ1v) is 7.53. The summed E-state index contributed by atoms with van der Waals surface area (Å²) < 4.78 is 0.721. The van der Waals surface area contributed by atoms with Gasteiger partial charge in [0.1, 0.15) is 0 Å². The van der Waals surface area contributed by atoms with Crippen LogP contribution in [-0.2, 0) is 4.79 Å². The van der Waals surface area contributed by atoms with Gasteiger partial charge in [0.2, 0.25) is 5.91 Å². The summed E-state index contributed by atoms with van der Waals surface area (Å²) in [6, 6.07) is 3.75. The van der Waals surface area contributed by atoms with Crippen LogP contribution in [0, 0.1) is 0 Å². The highest BCUT2D eigenvalue weighted by atomic mass is 35.5. The Kier molecular flexibility index (Phi) is 4.30. The lowest BCUT2D eigenvalue weighted by Crippen LogP contribution is -2.52.